The summed E-state index contributed by atoms with van der Waals surface area (Å²) in [5.74, 6) is -0.433. The highest BCUT2D eigenvalue weighted by Crippen LogP contribution is 2.24. The van der Waals surface area contributed by atoms with Crippen molar-refractivity contribution in [1.29, 1.82) is 0 Å². The van der Waals surface area contributed by atoms with Gasteiger partial charge in [-0.15, -0.1) is 0 Å². The molecule has 0 fully saturated rings. The van der Waals surface area contributed by atoms with Gasteiger partial charge in [0.25, 0.3) is 0 Å². The van der Waals surface area contributed by atoms with Crippen molar-refractivity contribution in [3.63, 3.8) is 0 Å². The van der Waals surface area contributed by atoms with Crippen LogP contribution in [0, 0.1) is 19.8 Å². The van der Waals surface area contributed by atoms with Crippen molar-refractivity contribution in [1.82, 2.24) is 9.47 Å². The third kappa shape index (κ3) is 4.78. The van der Waals surface area contributed by atoms with E-state index in [2.05, 4.69) is 0 Å². The Morgan fingerprint density at radius 2 is 1.90 bits per heavy atom. The Labute approximate surface area is 171 Å². The monoisotopic (exact) mass is 402 g/mol. The van der Waals surface area contributed by atoms with Crippen LogP contribution in [-0.2, 0) is 22.6 Å². The topological polar surface area (TPSA) is 81.8 Å². The first-order valence-corrected chi connectivity index (χ1v) is 9.93. The molecule has 0 atom stereocenters. The van der Waals surface area contributed by atoms with Gasteiger partial charge in [0.1, 0.15) is 11.5 Å². The fraction of sp³-hybridized carbons (Fsp3) is 0.500. The molecule has 2 aromatic heterocycles. The SMILES string of the molecule is CCOC(=O)c1c(C)c(C(=O)CN(Cc2ccco2)C(=O)C(C)C)c(C)n1CC. The fourth-order valence-corrected chi connectivity index (χ4v) is 3.58. The number of furan rings is 1. The molecule has 1 amide bonds. The first-order chi connectivity index (χ1) is 13.7. The summed E-state index contributed by atoms with van der Waals surface area (Å²) in [6.07, 6.45) is 1.54. The molecular formula is C22H30N2O5. The van der Waals surface area contributed by atoms with E-state index >= 15 is 0 Å². The smallest absolute Gasteiger partial charge is 0.355 e. The number of ketones is 1. The van der Waals surface area contributed by atoms with Gasteiger partial charge in [-0.25, -0.2) is 4.79 Å². The van der Waals surface area contributed by atoms with Crippen LogP contribution in [0.15, 0.2) is 22.8 Å². The second-order valence-electron chi connectivity index (χ2n) is 7.25. The Hall–Kier alpha value is -2.83. The summed E-state index contributed by atoms with van der Waals surface area (Å²) < 4.78 is 12.3. The van der Waals surface area contributed by atoms with Gasteiger partial charge in [-0.2, -0.15) is 0 Å². The molecule has 2 aromatic rings. The van der Waals surface area contributed by atoms with E-state index in [0.29, 0.717) is 34.8 Å². The Kier molecular flexibility index (Phi) is 7.42. The zero-order chi connectivity index (χ0) is 21.7. The maximum Gasteiger partial charge on any atom is 0.355 e. The van der Waals surface area contributed by atoms with E-state index in [1.54, 1.807) is 44.4 Å². The Bertz CT molecular complexity index is 878. The summed E-state index contributed by atoms with van der Waals surface area (Å²) in [6.45, 7) is 11.7. The molecule has 0 N–H and O–H groups in total. The van der Waals surface area contributed by atoms with Crippen molar-refractivity contribution in [3.05, 3.63) is 46.7 Å². The number of nitrogens with zero attached hydrogens (tertiary/aromatic N) is 2. The molecule has 0 aromatic carbocycles. The number of esters is 1. The van der Waals surface area contributed by atoms with Gasteiger partial charge in [-0.1, -0.05) is 13.8 Å². The molecule has 2 heterocycles. The first-order valence-electron chi connectivity index (χ1n) is 9.93. The van der Waals surface area contributed by atoms with E-state index in [1.807, 2.05) is 13.8 Å². The highest BCUT2D eigenvalue weighted by molar-refractivity contribution is 6.04. The third-order valence-corrected chi connectivity index (χ3v) is 4.90. The molecule has 7 heteroatoms. The molecule has 29 heavy (non-hydrogen) atoms. The van der Waals surface area contributed by atoms with Gasteiger partial charge in [0, 0.05) is 23.7 Å². The lowest BCUT2D eigenvalue weighted by Crippen LogP contribution is -2.38. The van der Waals surface area contributed by atoms with Crippen LogP contribution in [0.1, 0.15) is 65.6 Å². The second kappa shape index (κ2) is 9.58. The van der Waals surface area contributed by atoms with E-state index < -0.39 is 5.97 Å². The molecule has 0 bridgehead atoms. The molecule has 0 aliphatic heterocycles. The summed E-state index contributed by atoms with van der Waals surface area (Å²) in [6, 6.07) is 3.52. The van der Waals surface area contributed by atoms with Crippen molar-refractivity contribution >= 4 is 17.7 Å². The molecule has 0 aliphatic rings. The Morgan fingerprint density at radius 3 is 2.41 bits per heavy atom. The largest absolute Gasteiger partial charge is 0.467 e. The molecule has 2 rings (SSSR count). The van der Waals surface area contributed by atoms with Crippen LogP contribution in [0.5, 0.6) is 0 Å². The zero-order valence-electron chi connectivity index (χ0n) is 18.1. The predicted octanol–water partition coefficient (Wildman–Crippen LogP) is 3.76. The van der Waals surface area contributed by atoms with Crippen LogP contribution in [-0.4, -0.2) is 40.3 Å². The summed E-state index contributed by atoms with van der Waals surface area (Å²) in [5.41, 5.74) is 2.15. The summed E-state index contributed by atoms with van der Waals surface area (Å²) >= 11 is 0. The average molecular weight is 402 g/mol. The number of Topliss-reactive ketones (excluding diaryl/α,β-unsaturated/α-hetero) is 1. The molecular weight excluding hydrogens is 372 g/mol. The van der Waals surface area contributed by atoms with E-state index in [9.17, 15) is 14.4 Å². The molecule has 0 spiro atoms. The lowest BCUT2D eigenvalue weighted by molar-refractivity contribution is -0.134. The molecule has 0 unspecified atom stereocenters. The number of aromatic nitrogens is 1. The third-order valence-electron chi connectivity index (χ3n) is 4.90. The number of carbonyl (C=O) groups excluding carboxylic acids is 3. The van der Waals surface area contributed by atoms with Gasteiger partial charge in [0.05, 0.1) is 26.0 Å². The number of hydrogen-bond acceptors (Lipinski definition) is 5. The minimum Gasteiger partial charge on any atom is -0.467 e. The van der Waals surface area contributed by atoms with Crippen molar-refractivity contribution in [3.8, 4) is 0 Å². The lowest BCUT2D eigenvalue weighted by Gasteiger charge is -2.23. The van der Waals surface area contributed by atoms with E-state index in [0.717, 1.165) is 0 Å². The van der Waals surface area contributed by atoms with Crippen LogP contribution in [0.25, 0.3) is 0 Å². The zero-order valence-corrected chi connectivity index (χ0v) is 18.1. The lowest BCUT2D eigenvalue weighted by atomic mass is 10.0. The van der Waals surface area contributed by atoms with Gasteiger partial charge in [0.2, 0.25) is 5.91 Å². The van der Waals surface area contributed by atoms with Crippen LogP contribution in [0.4, 0.5) is 0 Å². The van der Waals surface area contributed by atoms with Crippen LogP contribution in [0.2, 0.25) is 0 Å². The first kappa shape index (κ1) is 22.5. The van der Waals surface area contributed by atoms with E-state index in [-0.39, 0.29) is 37.3 Å². The minimum absolute atomic E-state index is 0.0879. The van der Waals surface area contributed by atoms with Gasteiger partial charge >= 0.3 is 5.97 Å². The number of hydrogen-bond donors (Lipinski definition) is 0. The van der Waals surface area contributed by atoms with Crippen molar-refractivity contribution in [2.45, 2.75) is 54.6 Å². The van der Waals surface area contributed by atoms with Crippen molar-refractivity contribution in [2.24, 2.45) is 5.92 Å². The van der Waals surface area contributed by atoms with Crippen molar-refractivity contribution < 1.29 is 23.5 Å². The fourth-order valence-electron chi connectivity index (χ4n) is 3.58. The highest BCUT2D eigenvalue weighted by Gasteiger charge is 2.29. The quantitative estimate of drug-likeness (QED) is 0.471. The number of carbonyl (C=O) groups is 3. The standard InChI is InChI=1S/C22H30N2O5/c1-7-24-16(6)19(15(5)20(24)22(27)28-8-2)18(25)13-23(21(26)14(3)4)12-17-10-9-11-29-17/h9-11,14H,7-8,12-13H2,1-6H3. The van der Waals surface area contributed by atoms with Gasteiger partial charge in [0.15, 0.2) is 5.78 Å². The van der Waals surface area contributed by atoms with Gasteiger partial charge in [-0.3, -0.25) is 9.59 Å². The van der Waals surface area contributed by atoms with Crippen LogP contribution >= 0.6 is 0 Å². The maximum absolute atomic E-state index is 13.2. The number of rotatable bonds is 9. The number of amides is 1. The molecule has 7 nitrogen and oxygen atoms in total. The average Bonchev–Trinajstić information content (AvgIpc) is 3.25. The van der Waals surface area contributed by atoms with E-state index in [1.165, 1.54) is 11.2 Å². The summed E-state index contributed by atoms with van der Waals surface area (Å²) in [5, 5.41) is 0. The van der Waals surface area contributed by atoms with Gasteiger partial charge in [-0.05, 0) is 45.4 Å². The highest BCUT2D eigenvalue weighted by atomic mass is 16.5. The van der Waals surface area contributed by atoms with Gasteiger partial charge < -0.3 is 18.6 Å². The summed E-state index contributed by atoms with van der Waals surface area (Å²) in [4.78, 5) is 39.8. The predicted molar refractivity (Wildman–Crippen MR) is 109 cm³/mol. The molecule has 0 saturated carbocycles. The maximum atomic E-state index is 13.2. The second-order valence-corrected chi connectivity index (χ2v) is 7.25. The Morgan fingerprint density at radius 1 is 1.21 bits per heavy atom. The van der Waals surface area contributed by atoms with E-state index in [4.69, 9.17) is 9.15 Å². The molecule has 0 radical (unpaired) electrons. The molecule has 0 saturated heterocycles. The van der Waals surface area contributed by atoms with Crippen molar-refractivity contribution in [2.75, 3.05) is 13.2 Å². The molecule has 158 valence electrons. The normalized spacial score (nSPS) is 11.0. The van der Waals surface area contributed by atoms with Crippen LogP contribution < -0.4 is 0 Å². The molecule has 0 aliphatic carbocycles. The summed E-state index contributed by atoms with van der Waals surface area (Å²) in [7, 11) is 0. The minimum atomic E-state index is -0.445. The van der Waals surface area contributed by atoms with Crippen LogP contribution in [0.3, 0.4) is 0 Å². The number of ether oxygens (including phenoxy) is 1. The Balaban J connectivity index is 2.38.